The van der Waals surface area contributed by atoms with Gasteiger partial charge < -0.3 is 24.3 Å². The molecule has 3 rings (SSSR count). The lowest BCUT2D eigenvalue weighted by Crippen LogP contribution is -2.45. The van der Waals surface area contributed by atoms with Gasteiger partial charge in [-0.2, -0.15) is 0 Å². The van der Waals surface area contributed by atoms with Crippen LogP contribution in [-0.4, -0.2) is 37.1 Å². The minimum Gasteiger partial charge on any atom is -0.465 e. The van der Waals surface area contributed by atoms with Crippen molar-refractivity contribution in [1.82, 2.24) is 5.32 Å². The van der Waals surface area contributed by atoms with Crippen molar-refractivity contribution < 1.29 is 28.5 Å². The zero-order valence-corrected chi connectivity index (χ0v) is 20.7. The SMILES string of the molecule is COC(=O)c1cc(Br)c2c(c1C)OC(C)(C1CCC(CNC(=O)OC(C)(C)C)CC1)O2. The number of benzene rings is 1. The molecule has 172 valence electrons. The van der Waals surface area contributed by atoms with E-state index in [0.29, 0.717) is 39.6 Å². The Morgan fingerprint density at radius 1 is 1.19 bits per heavy atom. The monoisotopic (exact) mass is 497 g/mol. The number of hydrogen-bond acceptors (Lipinski definition) is 6. The minimum absolute atomic E-state index is 0.200. The molecule has 0 spiro atoms. The van der Waals surface area contributed by atoms with Crippen LogP contribution in [0.4, 0.5) is 4.79 Å². The van der Waals surface area contributed by atoms with Gasteiger partial charge in [-0.3, -0.25) is 0 Å². The molecule has 1 saturated carbocycles. The van der Waals surface area contributed by atoms with Gasteiger partial charge in [-0.15, -0.1) is 0 Å². The van der Waals surface area contributed by atoms with Crippen LogP contribution in [0.25, 0.3) is 0 Å². The van der Waals surface area contributed by atoms with Crippen LogP contribution in [0.15, 0.2) is 10.5 Å². The van der Waals surface area contributed by atoms with Gasteiger partial charge in [-0.25, -0.2) is 9.59 Å². The third-order valence-corrected chi connectivity index (χ3v) is 6.56. The number of ether oxygens (including phenoxy) is 4. The Morgan fingerprint density at radius 2 is 1.81 bits per heavy atom. The van der Waals surface area contributed by atoms with Gasteiger partial charge in [0.25, 0.3) is 5.79 Å². The van der Waals surface area contributed by atoms with Gasteiger partial charge in [0.2, 0.25) is 0 Å². The summed E-state index contributed by atoms with van der Waals surface area (Å²) in [6, 6.07) is 1.72. The predicted octanol–water partition coefficient (Wildman–Crippen LogP) is 5.36. The second-order valence-electron chi connectivity index (χ2n) is 9.50. The average molecular weight is 498 g/mol. The topological polar surface area (TPSA) is 83.1 Å². The van der Waals surface area contributed by atoms with Crippen LogP contribution < -0.4 is 14.8 Å². The van der Waals surface area contributed by atoms with Gasteiger partial charge in [0.05, 0.1) is 17.1 Å². The third kappa shape index (κ3) is 5.27. The number of methoxy groups -OCH3 is 1. The molecule has 0 saturated heterocycles. The summed E-state index contributed by atoms with van der Waals surface area (Å²) < 4.78 is 23.5. The molecule has 1 fully saturated rings. The van der Waals surface area contributed by atoms with Crippen LogP contribution in [0, 0.1) is 18.8 Å². The quantitative estimate of drug-likeness (QED) is 0.563. The molecule has 31 heavy (non-hydrogen) atoms. The number of halogens is 1. The summed E-state index contributed by atoms with van der Waals surface area (Å²) in [6.45, 7) is 9.96. The standard InChI is InChI=1S/C23H32BrNO6/c1-13-16(20(26)28-6)11-17(24)19-18(13)29-23(5,30-19)15-9-7-14(8-10-15)12-25-21(27)31-22(2,3)4/h11,14-15H,7-10,12H2,1-6H3,(H,25,27). The highest BCUT2D eigenvalue weighted by atomic mass is 79.9. The second-order valence-corrected chi connectivity index (χ2v) is 10.4. The fourth-order valence-electron chi connectivity index (χ4n) is 4.27. The second kappa shape index (κ2) is 8.88. The number of carbonyl (C=O) groups excluding carboxylic acids is 2. The normalized spacial score (nSPS) is 25.1. The van der Waals surface area contributed by atoms with E-state index in [9.17, 15) is 9.59 Å². The molecule has 7 nitrogen and oxygen atoms in total. The molecule has 1 amide bonds. The lowest BCUT2D eigenvalue weighted by atomic mass is 9.78. The maximum absolute atomic E-state index is 12.1. The Bertz CT molecular complexity index is 857. The van der Waals surface area contributed by atoms with E-state index in [1.807, 2.05) is 34.6 Å². The Hall–Kier alpha value is -1.96. The van der Waals surface area contributed by atoms with E-state index in [-0.39, 0.29) is 12.0 Å². The lowest BCUT2D eigenvalue weighted by molar-refractivity contribution is -0.123. The smallest absolute Gasteiger partial charge is 0.407 e. The van der Waals surface area contributed by atoms with Crippen molar-refractivity contribution in [2.75, 3.05) is 13.7 Å². The van der Waals surface area contributed by atoms with Crippen LogP contribution in [0.2, 0.25) is 0 Å². The van der Waals surface area contributed by atoms with Crippen molar-refractivity contribution >= 4 is 28.0 Å². The average Bonchev–Trinajstić information content (AvgIpc) is 3.07. The summed E-state index contributed by atoms with van der Waals surface area (Å²) in [6.07, 6.45) is 3.40. The molecule has 8 heteroatoms. The van der Waals surface area contributed by atoms with Gasteiger partial charge in [0.15, 0.2) is 11.5 Å². The molecule has 0 radical (unpaired) electrons. The summed E-state index contributed by atoms with van der Waals surface area (Å²) in [7, 11) is 1.36. The number of esters is 1. The maximum atomic E-state index is 12.1. The number of carbonyl (C=O) groups is 2. The summed E-state index contributed by atoms with van der Waals surface area (Å²) in [5.74, 6) is 0.609. The van der Waals surface area contributed by atoms with Gasteiger partial charge in [-0.1, -0.05) is 0 Å². The summed E-state index contributed by atoms with van der Waals surface area (Å²) in [4.78, 5) is 24.0. The molecule has 2 aliphatic rings. The van der Waals surface area contributed by atoms with E-state index in [1.54, 1.807) is 6.07 Å². The number of hydrogen-bond donors (Lipinski definition) is 1. The Kier molecular flexibility index (Phi) is 6.79. The fraction of sp³-hybridized carbons (Fsp3) is 0.652. The Morgan fingerprint density at radius 3 is 2.39 bits per heavy atom. The highest BCUT2D eigenvalue weighted by molar-refractivity contribution is 9.10. The first-order valence-corrected chi connectivity index (χ1v) is 11.5. The van der Waals surface area contributed by atoms with E-state index in [4.69, 9.17) is 18.9 Å². The largest absolute Gasteiger partial charge is 0.465 e. The van der Waals surface area contributed by atoms with Crippen LogP contribution in [0.5, 0.6) is 11.5 Å². The molecular weight excluding hydrogens is 466 g/mol. The minimum atomic E-state index is -0.798. The highest BCUT2D eigenvalue weighted by Crippen LogP contribution is 2.52. The number of nitrogens with one attached hydrogen (secondary N) is 1. The molecule has 1 N–H and O–H groups in total. The van der Waals surface area contributed by atoms with E-state index in [0.717, 1.165) is 25.7 Å². The van der Waals surface area contributed by atoms with E-state index in [1.165, 1.54) is 7.11 Å². The van der Waals surface area contributed by atoms with Crippen molar-refractivity contribution in [3.8, 4) is 11.5 Å². The molecular formula is C23H32BrNO6. The molecule has 1 aromatic rings. The highest BCUT2D eigenvalue weighted by Gasteiger charge is 2.47. The van der Waals surface area contributed by atoms with Gasteiger partial charge in [0.1, 0.15) is 5.60 Å². The summed E-state index contributed by atoms with van der Waals surface area (Å²) in [5.41, 5.74) is 0.671. The first-order chi connectivity index (χ1) is 14.4. The van der Waals surface area contributed by atoms with Gasteiger partial charge >= 0.3 is 12.1 Å². The molecule has 1 aromatic carbocycles. The molecule has 0 bridgehead atoms. The van der Waals surface area contributed by atoms with Crippen molar-refractivity contribution in [2.24, 2.45) is 11.8 Å². The zero-order valence-electron chi connectivity index (χ0n) is 19.1. The Labute approximate surface area is 192 Å². The van der Waals surface area contributed by atoms with Crippen molar-refractivity contribution in [3.05, 3.63) is 21.7 Å². The van der Waals surface area contributed by atoms with Crippen molar-refractivity contribution in [1.29, 1.82) is 0 Å². The number of rotatable bonds is 4. The van der Waals surface area contributed by atoms with Crippen LogP contribution in [-0.2, 0) is 9.47 Å². The van der Waals surface area contributed by atoms with Crippen LogP contribution >= 0.6 is 15.9 Å². The predicted molar refractivity (Wildman–Crippen MR) is 120 cm³/mol. The molecule has 1 atom stereocenters. The fourth-order valence-corrected chi connectivity index (χ4v) is 4.76. The number of fused-ring (bicyclic) bond motifs is 1. The first kappa shape index (κ1) is 23.7. The van der Waals surface area contributed by atoms with Crippen molar-refractivity contribution in [3.63, 3.8) is 0 Å². The zero-order chi connectivity index (χ0) is 23.0. The molecule has 1 heterocycles. The number of alkyl carbamates (subject to hydrolysis) is 1. The van der Waals surface area contributed by atoms with Crippen LogP contribution in [0.3, 0.4) is 0 Å². The van der Waals surface area contributed by atoms with Crippen molar-refractivity contribution in [2.45, 2.75) is 71.7 Å². The molecule has 1 unspecified atom stereocenters. The van der Waals surface area contributed by atoms with Gasteiger partial charge in [-0.05, 0) is 81.3 Å². The van der Waals surface area contributed by atoms with Crippen LogP contribution in [0.1, 0.15) is 69.3 Å². The van der Waals surface area contributed by atoms with Gasteiger partial charge in [0, 0.05) is 24.9 Å². The maximum Gasteiger partial charge on any atom is 0.407 e. The Balaban J connectivity index is 1.61. The van der Waals surface area contributed by atoms with E-state index < -0.39 is 17.4 Å². The lowest BCUT2D eigenvalue weighted by Gasteiger charge is -2.37. The molecule has 1 aliphatic heterocycles. The van der Waals surface area contributed by atoms with E-state index in [2.05, 4.69) is 21.2 Å². The molecule has 1 aliphatic carbocycles. The first-order valence-electron chi connectivity index (χ1n) is 10.7. The summed E-state index contributed by atoms with van der Waals surface area (Å²) in [5, 5.41) is 2.88. The number of amides is 1. The summed E-state index contributed by atoms with van der Waals surface area (Å²) >= 11 is 3.50. The third-order valence-electron chi connectivity index (χ3n) is 5.98. The molecule has 0 aromatic heterocycles. The van der Waals surface area contributed by atoms with E-state index >= 15 is 0 Å².